The molecule has 46 heavy (non-hydrogen) atoms. The maximum absolute atomic E-state index is 14.1. The van der Waals surface area contributed by atoms with E-state index in [1.165, 1.54) is 22.3 Å². The summed E-state index contributed by atoms with van der Waals surface area (Å²) in [6.45, 7) is 8.96. The first-order valence-corrected chi connectivity index (χ1v) is 16.5. The van der Waals surface area contributed by atoms with E-state index in [9.17, 15) is 9.59 Å². The summed E-state index contributed by atoms with van der Waals surface area (Å²) >= 11 is 0. The number of carbonyl (C=O) groups is 2. The van der Waals surface area contributed by atoms with Gasteiger partial charge in [0.05, 0.1) is 6.04 Å². The minimum absolute atomic E-state index is 0.0445. The first-order chi connectivity index (χ1) is 22.2. The molecule has 3 aromatic rings. The van der Waals surface area contributed by atoms with Crippen LogP contribution >= 0.6 is 0 Å². The number of carboxylic acids is 1. The van der Waals surface area contributed by atoms with Gasteiger partial charge in [-0.15, -0.1) is 0 Å². The van der Waals surface area contributed by atoms with Gasteiger partial charge in [-0.25, -0.2) is 0 Å². The topological polar surface area (TPSA) is 66.4 Å². The van der Waals surface area contributed by atoms with E-state index in [1.54, 1.807) is 0 Å². The van der Waals surface area contributed by atoms with Crippen molar-refractivity contribution < 1.29 is 14.7 Å². The van der Waals surface area contributed by atoms with Gasteiger partial charge in [-0.1, -0.05) is 119 Å². The summed E-state index contributed by atoms with van der Waals surface area (Å²) in [6, 6.07) is 37.3. The van der Waals surface area contributed by atoms with Gasteiger partial charge < -0.3 is 10.4 Å². The minimum atomic E-state index is -0.807. The lowest BCUT2D eigenvalue weighted by Crippen LogP contribution is -2.13. The Morgan fingerprint density at radius 2 is 1.26 bits per heavy atom. The smallest absolute Gasteiger partial charge is 0.303 e. The van der Waals surface area contributed by atoms with Crippen molar-refractivity contribution in [3.8, 4) is 11.1 Å². The molecule has 0 aliphatic heterocycles. The molecule has 0 heterocycles. The molecule has 4 heteroatoms. The minimum Gasteiger partial charge on any atom is -0.481 e. The fourth-order valence-electron chi connectivity index (χ4n) is 6.28. The van der Waals surface area contributed by atoms with Crippen molar-refractivity contribution in [2.75, 3.05) is 5.32 Å². The molecule has 0 spiro atoms. The van der Waals surface area contributed by atoms with Gasteiger partial charge in [-0.2, -0.15) is 0 Å². The van der Waals surface area contributed by atoms with Crippen LogP contribution in [0.4, 0.5) is 5.69 Å². The number of hydrogen-bond donors (Lipinski definition) is 2. The predicted molar refractivity (Wildman–Crippen MR) is 189 cm³/mol. The van der Waals surface area contributed by atoms with Crippen molar-refractivity contribution in [2.45, 2.75) is 65.8 Å². The lowest BCUT2D eigenvalue weighted by molar-refractivity contribution is -0.137. The maximum Gasteiger partial charge on any atom is 0.303 e. The Morgan fingerprint density at radius 1 is 0.674 bits per heavy atom. The SMILES string of the molecule is CC(C)Cc1ccc(C(Nc2cccc(C(=O)c3cc(CCCC(=O)O)c4cccccc3-4)c2)c2ccc(CC(C)C)cc2)cc1. The number of anilines is 1. The molecule has 0 fully saturated rings. The van der Waals surface area contributed by atoms with Gasteiger partial charge in [0.2, 0.25) is 0 Å². The van der Waals surface area contributed by atoms with Gasteiger partial charge >= 0.3 is 5.97 Å². The highest BCUT2D eigenvalue weighted by Gasteiger charge is 2.22. The monoisotopic (exact) mass is 611 g/mol. The molecule has 236 valence electrons. The molecule has 0 amide bonds. The van der Waals surface area contributed by atoms with Crippen LogP contribution < -0.4 is 5.32 Å². The number of benzene rings is 3. The largest absolute Gasteiger partial charge is 0.481 e. The molecule has 0 saturated carbocycles. The van der Waals surface area contributed by atoms with E-state index in [1.807, 2.05) is 60.7 Å². The van der Waals surface area contributed by atoms with E-state index in [2.05, 4.69) is 81.5 Å². The van der Waals surface area contributed by atoms with Crippen LogP contribution in [0.15, 0.2) is 109 Å². The third-order valence-corrected chi connectivity index (χ3v) is 8.42. The van der Waals surface area contributed by atoms with E-state index in [0.717, 1.165) is 35.2 Å². The lowest BCUT2D eigenvalue weighted by Gasteiger charge is -2.22. The van der Waals surface area contributed by atoms with Crippen LogP contribution in [0.3, 0.4) is 0 Å². The molecule has 0 unspecified atom stereocenters. The molecule has 2 N–H and O–H groups in total. The van der Waals surface area contributed by atoms with Crippen molar-refractivity contribution in [1.29, 1.82) is 0 Å². The van der Waals surface area contributed by atoms with E-state index in [4.69, 9.17) is 5.11 Å². The Morgan fingerprint density at radius 3 is 1.83 bits per heavy atom. The van der Waals surface area contributed by atoms with E-state index >= 15 is 0 Å². The number of aliphatic carboxylic acids is 1. The Balaban J connectivity index is 1.45. The number of aryl methyl sites for hydroxylation is 1. The van der Waals surface area contributed by atoms with Gasteiger partial charge in [-0.05, 0) is 94.7 Å². The number of carbonyl (C=O) groups excluding carboxylic acids is 1. The molecule has 0 saturated heterocycles. The molecule has 0 radical (unpaired) electrons. The van der Waals surface area contributed by atoms with Crippen LogP contribution in [0.2, 0.25) is 0 Å². The van der Waals surface area contributed by atoms with E-state index in [-0.39, 0.29) is 18.2 Å². The molecular weight excluding hydrogens is 566 g/mol. The molecular formula is C42H45NO3. The standard InChI is InChI=1S/C42H45NO3/c1-28(2)24-30-16-20-32(21-17-30)41(33-22-18-31(19-23-33)25-29(3)4)43-36-12-8-11-35(26-36)42(46)39-27-34(10-9-15-40(44)45)37-13-6-5-7-14-38(37)39/h5-8,11-14,16-23,26-29,41,43H,9-10,15,24-25H2,1-4H3,(H,44,45). The highest BCUT2D eigenvalue weighted by atomic mass is 16.4. The highest BCUT2D eigenvalue weighted by molar-refractivity contribution is 6.14. The zero-order valence-electron chi connectivity index (χ0n) is 27.4. The molecule has 0 aromatic heterocycles. The summed E-state index contributed by atoms with van der Waals surface area (Å²) in [4.78, 5) is 25.2. The van der Waals surface area contributed by atoms with Crippen LogP contribution in [-0.4, -0.2) is 16.9 Å². The molecule has 3 aromatic carbocycles. The average molecular weight is 612 g/mol. The number of nitrogens with one attached hydrogen (secondary N) is 1. The molecule has 0 bridgehead atoms. The van der Waals surface area contributed by atoms with Crippen molar-refractivity contribution in [2.24, 2.45) is 11.8 Å². The number of ketones is 1. The van der Waals surface area contributed by atoms with Crippen LogP contribution in [0.1, 0.15) is 90.3 Å². The summed E-state index contributed by atoms with van der Waals surface area (Å²) in [5.74, 6) is 0.336. The zero-order valence-corrected chi connectivity index (χ0v) is 27.4. The molecule has 2 aliphatic rings. The maximum atomic E-state index is 14.1. The fourth-order valence-corrected chi connectivity index (χ4v) is 6.28. The molecule has 5 rings (SSSR count). The number of rotatable bonds is 14. The second-order valence-corrected chi connectivity index (χ2v) is 13.2. The summed E-state index contributed by atoms with van der Waals surface area (Å²) in [5.41, 5.74) is 10.0. The van der Waals surface area contributed by atoms with Crippen LogP contribution in [0.5, 0.6) is 0 Å². The van der Waals surface area contributed by atoms with Gasteiger partial charge in [0.15, 0.2) is 5.78 Å². The van der Waals surface area contributed by atoms with Gasteiger partial charge in [0.1, 0.15) is 0 Å². The number of hydrogen-bond acceptors (Lipinski definition) is 3. The summed E-state index contributed by atoms with van der Waals surface area (Å²) in [5, 5.41) is 12.9. The molecule has 0 atom stereocenters. The third-order valence-electron chi connectivity index (χ3n) is 8.42. The van der Waals surface area contributed by atoms with Gasteiger partial charge in [0.25, 0.3) is 0 Å². The summed E-state index contributed by atoms with van der Waals surface area (Å²) in [7, 11) is 0. The van der Waals surface area contributed by atoms with Crippen molar-refractivity contribution in [1.82, 2.24) is 0 Å². The summed E-state index contributed by atoms with van der Waals surface area (Å²) < 4.78 is 0. The first-order valence-electron chi connectivity index (χ1n) is 16.5. The van der Waals surface area contributed by atoms with Crippen LogP contribution in [0.25, 0.3) is 11.1 Å². The van der Waals surface area contributed by atoms with Crippen molar-refractivity contribution >= 4 is 17.4 Å². The Kier molecular flexibility index (Phi) is 10.7. The second kappa shape index (κ2) is 15.1. The second-order valence-electron chi connectivity index (χ2n) is 13.2. The fraction of sp³-hybridized carbons (Fsp3) is 0.286. The third kappa shape index (κ3) is 8.31. The van der Waals surface area contributed by atoms with Crippen molar-refractivity contribution in [3.05, 3.63) is 148 Å². The van der Waals surface area contributed by atoms with Crippen molar-refractivity contribution in [3.63, 3.8) is 0 Å². The van der Waals surface area contributed by atoms with E-state index < -0.39 is 5.97 Å². The highest BCUT2D eigenvalue weighted by Crippen LogP contribution is 2.35. The predicted octanol–water partition coefficient (Wildman–Crippen LogP) is 10.0. The first kappa shape index (κ1) is 32.7. The summed E-state index contributed by atoms with van der Waals surface area (Å²) in [6.07, 6.45) is 3.32. The van der Waals surface area contributed by atoms with Gasteiger partial charge in [0, 0.05) is 23.2 Å². The lowest BCUT2D eigenvalue weighted by atomic mass is 9.93. The zero-order chi connectivity index (χ0) is 32.6. The van der Waals surface area contributed by atoms with E-state index in [0.29, 0.717) is 35.8 Å². The van der Waals surface area contributed by atoms with Crippen LogP contribution in [0, 0.1) is 11.8 Å². The Hall–Kier alpha value is -4.70. The van der Waals surface area contributed by atoms with Gasteiger partial charge in [-0.3, -0.25) is 9.59 Å². The number of carboxylic acid groups (broad SMARTS) is 1. The number of fused-ring (bicyclic) bond motifs is 1. The normalized spacial score (nSPS) is 11.5. The quantitative estimate of drug-likeness (QED) is 0.123. The van der Waals surface area contributed by atoms with Crippen LogP contribution in [-0.2, 0) is 24.1 Å². The average Bonchev–Trinajstić information content (AvgIpc) is 3.18. The molecule has 4 nitrogen and oxygen atoms in total. The Labute approximate surface area is 273 Å². The molecule has 2 aliphatic carbocycles. The Bertz CT molecular complexity index is 1680.